The Hall–Kier alpha value is -2.24. The van der Waals surface area contributed by atoms with Gasteiger partial charge in [-0.3, -0.25) is 0 Å². The van der Waals surface area contributed by atoms with Crippen molar-refractivity contribution in [1.82, 2.24) is 0 Å². The number of anilines is 1. The average Bonchev–Trinajstić information content (AvgIpc) is 2.48. The molecule has 0 aliphatic heterocycles. The number of nitrogens with one attached hydrogen (secondary N) is 1. The highest BCUT2D eigenvalue weighted by molar-refractivity contribution is 5.53. The van der Waals surface area contributed by atoms with Crippen LogP contribution in [0.2, 0.25) is 0 Å². The summed E-state index contributed by atoms with van der Waals surface area (Å²) in [6, 6.07) is 10.7. The van der Waals surface area contributed by atoms with Gasteiger partial charge in [-0.15, -0.1) is 0 Å². The minimum absolute atomic E-state index is 0.248. The molecule has 0 aliphatic carbocycles. The van der Waals surface area contributed by atoms with Crippen LogP contribution in [0.3, 0.4) is 0 Å². The van der Waals surface area contributed by atoms with Gasteiger partial charge in [0.25, 0.3) is 0 Å². The topological polar surface area (TPSA) is 71.0 Å². The highest BCUT2D eigenvalue weighted by Gasteiger charge is 2.12. The van der Waals surface area contributed by atoms with Gasteiger partial charge in [0, 0.05) is 0 Å². The lowest BCUT2D eigenvalue weighted by atomic mass is 10.1. The van der Waals surface area contributed by atoms with Crippen molar-refractivity contribution < 1.29 is 19.8 Å². The van der Waals surface area contributed by atoms with Gasteiger partial charge in [-0.25, -0.2) is 5.48 Å². The van der Waals surface area contributed by atoms with Crippen molar-refractivity contribution >= 4 is 5.69 Å². The van der Waals surface area contributed by atoms with Crippen LogP contribution in [0.4, 0.5) is 5.69 Å². The summed E-state index contributed by atoms with van der Waals surface area (Å²) < 4.78 is 5.06. The molecule has 0 bridgehead atoms. The van der Waals surface area contributed by atoms with Gasteiger partial charge < -0.3 is 19.8 Å². The molecule has 0 amide bonds. The maximum Gasteiger partial charge on any atom is 0.182 e. The predicted octanol–water partition coefficient (Wildman–Crippen LogP) is 2.70. The SMILES string of the molecule is COc1ccc(ONc2cccc(C)c2C)cc1C(O)O. The molecule has 0 aromatic heterocycles. The Morgan fingerprint density at radius 2 is 1.86 bits per heavy atom. The number of methoxy groups -OCH3 is 1. The number of benzene rings is 2. The fourth-order valence-corrected chi connectivity index (χ4v) is 1.95. The van der Waals surface area contributed by atoms with Crippen LogP contribution in [0.1, 0.15) is 23.0 Å². The zero-order valence-electron chi connectivity index (χ0n) is 12.3. The molecule has 0 saturated carbocycles. The number of ether oxygens (including phenoxy) is 1. The van der Waals surface area contributed by atoms with Crippen LogP contribution >= 0.6 is 0 Å². The third-order valence-corrected chi connectivity index (χ3v) is 3.36. The molecule has 0 atom stereocenters. The largest absolute Gasteiger partial charge is 0.496 e. The smallest absolute Gasteiger partial charge is 0.182 e. The van der Waals surface area contributed by atoms with Crippen molar-refractivity contribution in [2.75, 3.05) is 12.6 Å². The second-order valence-corrected chi connectivity index (χ2v) is 4.73. The lowest BCUT2D eigenvalue weighted by Crippen LogP contribution is -2.08. The van der Waals surface area contributed by atoms with E-state index in [9.17, 15) is 10.2 Å². The van der Waals surface area contributed by atoms with E-state index in [-0.39, 0.29) is 5.56 Å². The molecule has 0 spiro atoms. The molecule has 2 aromatic carbocycles. The quantitative estimate of drug-likeness (QED) is 0.583. The lowest BCUT2D eigenvalue weighted by molar-refractivity contribution is -0.0440. The molecule has 2 rings (SSSR count). The van der Waals surface area contributed by atoms with Crippen LogP contribution in [0.15, 0.2) is 36.4 Å². The van der Waals surface area contributed by atoms with E-state index in [0.717, 1.165) is 16.8 Å². The fraction of sp³-hybridized carbons (Fsp3) is 0.250. The maximum atomic E-state index is 9.33. The van der Waals surface area contributed by atoms with E-state index in [0.29, 0.717) is 11.5 Å². The first-order valence-electron chi connectivity index (χ1n) is 6.56. The standard InChI is InChI=1S/C16H19NO4/c1-10-5-4-6-14(11(10)2)17-21-12-7-8-15(20-3)13(9-12)16(18)19/h4-9,16-19H,1-3H3. The Balaban J connectivity index is 2.17. The van der Waals surface area contributed by atoms with Crippen LogP contribution in [-0.2, 0) is 0 Å². The third-order valence-electron chi connectivity index (χ3n) is 3.36. The molecular weight excluding hydrogens is 270 g/mol. The van der Waals surface area contributed by atoms with E-state index in [1.54, 1.807) is 12.1 Å². The predicted molar refractivity (Wildman–Crippen MR) is 80.3 cm³/mol. The Labute approximate surface area is 123 Å². The summed E-state index contributed by atoms with van der Waals surface area (Å²) in [5.74, 6) is 0.851. The van der Waals surface area contributed by atoms with Gasteiger partial charge in [0.1, 0.15) is 5.75 Å². The summed E-state index contributed by atoms with van der Waals surface area (Å²) in [6.07, 6.45) is -1.62. The molecule has 0 saturated heterocycles. The second-order valence-electron chi connectivity index (χ2n) is 4.73. The van der Waals surface area contributed by atoms with Crippen LogP contribution < -0.4 is 15.1 Å². The first-order valence-corrected chi connectivity index (χ1v) is 6.56. The van der Waals surface area contributed by atoms with Crippen molar-refractivity contribution in [3.63, 3.8) is 0 Å². The second kappa shape index (κ2) is 6.47. The average molecular weight is 289 g/mol. The minimum Gasteiger partial charge on any atom is -0.496 e. The molecule has 2 aromatic rings. The van der Waals surface area contributed by atoms with Gasteiger partial charge >= 0.3 is 0 Å². The molecule has 0 fully saturated rings. The molecule has 5 heteroatoms. The van der Waals surface area contributed by atoms with Gasteiger partial charge in [-0.1, -0.05) is 12.1 Å². The van der Waals surface area contributed by atoms with E-state index in [1.165, 1.54) is 13.2 Å². The summed E-state index contributed by atoms with van der Waals surface area (Å²) in [5, 5.41) is 18.7. The summed E-state index contributed by atoms with van der Waals surface area (Å²) in [4.78, 5) is 5.49. The third kappa shape index (κ3) is 3.45. The molecular formula is C16H19NO4. The summed E-state index contributed by atoms with van der Waals surface area (Å²) >= 11 is 0. The van der Waals surface area contributed by atoms with Crippen LogP contribution in [0, 0.1) is 13.8 Å². The Kier molecular flexibility index (Phi) is 4.67. The number of hydrogen-bond donors (Lipinski definition) is 3. The maximum absolute atomic E-state index is 9.33. The summed E-state index contributed by atoms with van der Waals surface area (Å²) in [7, 11) is 1.47. The van der Waals surface area contributed by atoms with Crippen molar-refractivity contribution in [3.8, 4) is 11.5 Å². The highest BCUT2D eigenvalue weighted by Crippen LogP contribution is 2.28. The Morgan fingerprint density at radius 3 is 2.52 bits per heavy atom. The van der Waals surface area contributed by atoms with E-state index in [2.05, 4.69) is 5.48 Å². The van der Waals surface area contributed by atoms with Gasteiger partial charge in [0.2, 0.25) is 0 Å². The zero-order chi connectivity index (χ0) is 15.4. The number of aliphatic hydroxyl groups is 2. The molecule has 0 heterocycles. The van der Waals surface area contributed by atoms with Crippen molar-refractivity contribution in [2.45, 2.75) is 20.1 Å². The van der Waals surface area contributed by atoms with Crippen molar-refractivity contribution in [1.29, 1.82) is 0 Å². The van der Waals surface area contributed by atoms with Gasteiger partial charge in [0.05, 0.1) is 18.4 Å². The summed E-state index contributed by atoms with van der Waals surface area (Å²) in [5.41, 5.74) is 6.22. The molecule has 112 valence electrons. The number of rotatable bonds is 5. The van der Waals surface area contributed by atoms with E-state index >= 15 is 0 Å². The Morgan fingerprint density at radius 1 is 1.10 bits per heavy atom. The monoisotopic (exact) mass is 289 g/mol. The Bertz CT molecular complexity index is 626. The van der Waals surface area contributed by atoms with Gasteiger partial charge in [0.15, 0.2) is 12.0 Å². The van der Waals surface area contributed by atoms with E-state index in [4.69, 9.17) is 9.57 Å². The van der Waals surface area contributed by atoms with Gasteiger partial charge in [-0.05, 0) is 49.2 Å². The van der Waals surface area contributed by atoms with E-state index < -0.39 is 6.29 Å². The number of aliphatic hydroxyl groups excluding tert-OH is 1. The fourth-order valence-electron chi connectivity index (χ4n) is 1.95. The number of aryl methyl sites for hydroxylation is 1. The van der Waals surface area contributed by atoms with E-state index in [1.807, 2.05) is 32.0 Å². The molecule has 0 unspecified atom stereocenters. The minimum atomic E-state index is -1.62. The molecule has 5 nitrogen and oxygen atoms in total. The first-order chi connectivity index (χ1) is 10.0. The molecule has 21 heavy (non-hydrogen) atoms. The zero-order valence-corrected chi connectivity index (χ0v) is 12.3. The van der Waals surface area contributed by atoms with Crippen molar-refractivity contribution in [3.05, 3.63) is 53.1 Å². The molecule has 0 aliphatic rings. The normalized spacial score (nSPS) is 10.6. The first kappa shape index (κ1) is 15.2. The van der Waals surface area contributed by atoms with Crippen molar-refractivity contribution in [2.24, 2.45) is 0 Å². The highest BCUT2D eigenvalue weighted by atomic mass is 16.6. The van der Waals surface area contributed by atoms with Crippen LogP contribution in [-0.4, -0.2) is 17.3 Å². The van der Waals surface area contributed by atoms with Crippen LogP contribution in [0.25, 0.3) is 0 Å². The molecule has 3 N–H and O–H groups in total. The lowest BCUT2D eigenvalue weighted by Gasteiger charge is -2.15. The van der Waals surface area contributed by atoms with Gasteiger partial charge in [-0.2, -0.15) is 0 Å². The number of hydrogen-bond acceptors (Lipinski definition) is 5. The van der Waals surface area contributed by atoms with Crippen LogP contribution in [0.5, 0.6) is 11.5 Å². The summed E-state index contributed by atoms with van der Waals surface area (Å²) in [6.45, 7) is 4.02. The molecule has 0 radical (unpaired) electrons.